The molecule has 0 aliphatic heterocycles. The first-order valence-electron chi connectivity index (χ1n) is 11.2. The molecule has 1 aromatic heterocycles. The normalized spacial score (nSPS) is 15.1. The van der Waals surface area contributed by atoms with E-state index in [1.165, 1.54) is 5.56 Å². The summed E-state index contributed by atoms with van der Waals surface area (Å²) in [6.07, 6.45) is 2.94. The van der Waals surface area contributed by atoms with E-state index in [-0.39, 0.29) is 18.6 Å². The van der Waals surface area contributed by atoms with Gasteiger partial charge in [0.1, 0.15) is 5.82 Å². The van der Waals surface area contributed by atoms with Crippen LogP contribution in [0.15, 0.2) is 72.8 Å². The number of nitrogens with zero attached hydrogens (tertiary/aromatic N) is 2. The molecule has 4 aromatic rings. The average Bonchev–Trinajstić information content (AvgIpc) is 3.18. The highest BCUT2D eigenvalue weighted by Gasteiger charge is 2.22. The van der Waals surface area contributed by atoms with Crippen molar-refractivity contribution in [2.24, 2.45) is 0 Å². The van der Waals surface area contributed by atoms with Crippen molar-refractivity contribution in [2.75, 3.05) is 6.61 Å². The first-order chi connectivity index (χ1) is 16.1. The van der Waals surface area contributed by atoms with Gasteiger partial charge < -0.3 is 10.1 Å². The molecule has 0 saturated carbocycles. The SMILES string of the molecule is Cc1nc2cc(C(=O)OCC(=O)N[C@@H]3CCCc4ccccc43)ccc2n1-c1ccccc1. The minimum absolute atomic E-state index is 0.0394. The Hall–Kier alpha value is -3.93. The minimum atomic E-state index is -0.539. The van der Waals surface area contributed by atoms with E-state index in [1.54, 1.807) is 12.1 Å². The maximum atomic E-state index is 12.6. The highest BCUT2D eigenvalue weighted by atomic mass is 16.5. The van der Waals surface area contributed by atoms with Crippen LogP contribution in [-0.2, 0) is 16.0 Å². The van der Waals surface area contributed by atoms with Gasteiger partial charge in [-0.3, -0.25) is 9.36 Å². The molecule has 1 amide bonds. The Morgan fingerprint density at radius 3 is 2.70 bits per heavy atom. The zero-order chi connectivity index (χ0) is 22.8. The van der Waals surface area contributed by atoms with Crippen LogP contribution in [0.4, 0.5) is 0 Å². The van der Waals surface area contributed by atoms with Crippen molar-refractivity contribution in [2.45, 2.75) is 32.2 Å². The molecule has 6 heteroatoms. The van der Waals surface area contributed by atoms with Crippen LogP contribution in [0.25, 0.3) is 16.7 Å². The van der Waals surface area contributed by atoms with E-state index in [0.717, 1.165) is 41.9 Å². The van der Waals surface area contributed by atoms with E-state index in [9.17, 15) is 9.59 Å². The number of hydrogen-bond acceptors (Lipinski definition) is 4. The van der Waals surface area contributed by atoms with Crippen LogP contribution >= 0.6 is 0 Å². The van der Waals surface area contributed by atoms with Gasteiger partial charge in [-0.2, -0.15) is 0 Å². The molecule has 0 unspecified atom stereocenters. The number of aromatic nitrogens is 2. The maximum Gasteiger partial charge on any atom is 0.338 e. The number of benzene rings is 3. The van der Waals surface area contributed by atoms with Crippen LogP contribution in [0.2, 0.25) is 0 Å². The van der Waals surface area contributed by atoms with Crippen molar-refractivity contribution >= 4 is 22.9 Å². The van der Waals surface area contributed by atoms with E-state index in [4.69, 9.17) is 4.74 Å². The van der Waals surface area contributed by atoms with E-state index in [2.05, 4.69) is 22.4 Å². The third kappa shape index (κ3) is 4.24. The van der Waals surface area contributed by atoms with Crippen LogP contribution in [-0.4, -0.2) is 28.0 Å². The van der Waals surface area contributed by atoms with Gasteiger partial charge in [0.15, 0.2) is 6.61 Å². The lowest BCUT2D eigenvalue weighted by Crippen LogP contribution is -2.34. The number of carbonyl (C=O) groups is 2. The van der Waals surface area contributed by atoms with Gasteiger partial charge in [0.05, 0.1) is 22.6 Å². The fraction of sp³-hybridized carbons (Fsp3) is 0.222. The second-order valence-corrected chi connectivity index (χ2v) is 8.32. The predicted octanol–water partition coefficient (Wildman–Crippen LogP) is 4.68. The van der Waals surface area contributed by atoms with Crippen LogP contribution in [0.5, 0.6) is 0 Å². The fourth-order valence-corrected chi connectivity index (χ4v) is 4.58. The second-order valence-electron chi connectivity index (χ2n) is 8.32. The van der Waals surface area contributed by atoms with Gasteiger partial charge >= 0.3 is 5.97 Å². The zero-order valence-electron chi connectivity index (χ0n) is 18.5. The second kappa shape index (κ2) is 8.90. The third-order valence-electron chi connectivity index (χ3n) is 6.11. The Balaban J connectivity index is 1.26. The number of carbonyl (C=O) groups excluding carboxylic acids is 2. The number of esters is 1. The molecule has 0 radical (unpaired) electrons. The Bertz CT molecular complexity index is 1330. The highest BCUT2D eigenvalue weighted by Crippen LogP contribution is 2.29. The summed E-state index contributed by atoms with van der Waals surface area (Å²) >= 11 is 0. The highest BCUT2D eigenvalue weighted by molar-refractivity contribution is 5.95. The van der Waals surface area contributed by atoms with Crippen molar-refractivity contribution in [3.63, 3.8) is 0 Å². The number of nitrogens with one attached hydrogen (secondary N) is 1. The van der Waals surface area contributed by atoms with E-state index in [1.807, 2.05) is 60.0 Å². The monoisotopic (exact) mass is 439 g/mol. The number of aryl methyl sites for hydroxylation is 2. The van der Waals surface area contributed by atoms with E-state index >= 15 is 0 Å². The van der Waals surface area contributed by atoms with Crippen LogP contribution < -0.4 is 5.32 Å². The van der Waals surface area contributed by atoms with Crippen molar-refractivity contribution < 1.29 is 14.3 Å². The maximum absolute atomic E-state index is 12.6. The van der Waals surface area contributed by atoms with E-state index < -0.39 is 5.97 Å². The summed E-state index contributed by atoms with van der Waals surface area (Å²) in [4.78, 5) is 29.7. The molecular formula is C27H25N3O3. The number of fused-ring (bicyclic) bond motifs is 2. The molecule has 33 heavy (non-hydrogen) atoms. The molecular weight excluding hydrogens is 414 g/mol. The topological polar surface area (TPSA) is 73.2 Å². The van der Waals surface area contributed by atoms with Gasteiger partial charge in [-0.15, -0.1) is 0 Å². The summed E-state index contributed by atoms with van der Waals surface area (Å²) in [5, 5.41) is 3.01. The van der Waals surface area contributed by atoms with Crippen LogP contribution in [0.3, 0.4) is 0 Å². The summed E-state index contributed by atoms with van der Waals surface area (Å²) in [7, 11) is 0. The van der Waals surface area contributed by atoms with Gasteiger partial charge in [0, 0.05) is 5.69 Å². The lowest BCUT2D eigenvalue weighted by Gasteiger charge is -2.26. The van der Waals surface area contributed by atoms with Crippen LogP contribution in [0.1, 0.15) is 46.2 Å². The molecule has 1 N–H and O–H groups in total. The van der Waals surface area contributed by atoms with Gasteiger partial charge in [0.2, 0.25) is 0 Å². The average molecular weight is 440 g/mol. The lowest BCUT2D eigenvalue weighted by molar-refractivity contribution is -0.125. The number of para-hydroxylation sites is 1. The van der Waals surface area contributed by atoms with Crippen molar-refractivity contribution in [3.8, 4) is 5.69 Å². The lowest BCUT2D eigenvalue weighted by atomic mass is 9.88. The molecule has 1 atom stereocenters. The first-order valence-corrected chi connectivity index (χ1v) is 11.2. The number of hydrogen-bond donors (Lipinski definition) is 1. The molecule has 6 nitrogen and oxygen atoms in total. The smallest absolute Gasteiger partial charge is 0.338 e. The van der Waals surface area contributed by atoms with Gasteiger partial charge in [-0.1, -0.05) is 42.5 Å². The number of amides is 1. The number of ether oxygens (including phenoxy) is 1. The molecule has 0 bridgehead atoms. The quantitative estimate of drug-likeness (QED) is 0.458. The van der Waals surface area contributed by atoms with Crippen molar-refractivity contribution in [1.82, 2.24) is 14.9 Å². The standard InChI is InChI=1S/C27H25N3O3/c1-18-28-24-16-20(14-15-25(24)30(18)21-10-3-2-4-11-21)27(32)33-17-26(31)29-23-13-7-9-19-8-5-6-12-22(19)23/h2-6,8,10-12,14-16,23H,7,9,13,17H2,1H3,(H,29,31)/t23-/m1/s1. The van der Waals surface area contributed by atoms with Gasteiger partial charge in [-0.05, 0) is 67.6 Å². The Labute approximate surface area is 192 Å². The summed E-state index contributed by atoms with van der Waals surface area (Å²) in [5.74, 6) is -0.00722. The zero-order valence-corrected chi connectivity index (χ0v) is 18.5. The molecule has 1 aliphatic rings. The first kappa shape index (κ1) is 20.9. The Morgan fingerprint density at radius 1 is 1.06 bits per heavy atom. The Kier molecular flexibility index (Phi) is 5.65. The molecule has 166 valence electrons. The molecule has 3 aromatic carbocycles. The summed E-state index contributed by atoms with van der Waals surface area (Å²) in [5.41, 5.74) is 5.41. The summed E-state index contributed by atoms with van der Waals surface area (Å²) in [6.45, 7) is 1.62. The predicted molar refractivity (Wildman–Crippen MR) is 126 cm³/mol. The minimum Gasteiger partial charge on any atom is -0.452 e. The molecule has 0 saturated heterocycles. The van der Waals surface area contributed by atoms with Crippen molar-refractivity contribution in [3.05, 3.63) is 95.3 Å². The van der Waals surface area contributed by atoms with Crippen LogP contribution in [0, 0.1) is 6.92 Å². The third-order valence-corrected chi connectivity index (χ3v) is 6.11. The van der Waals surface area contributed by atoms with Gasteiger partial charge in [0.25, 0.3) is 5.91 Å². The van der Waals surface area contributed by atoms with Gasteiger partial charge in [-0.25, -0.2) is 9.78 Å². The number of rotatable bonds is 5. The molecule has 0 spiro atoms. The number of imidazole rings is 1. The molecule has 1 aliphatic carbocycles. The Morgan fingerprint density at radius 2 is 1.85 bits per heavy atom. The molecule has 5 rings (SSSR count). The summed E-state index contributed by atoms with van der Waals surface area (Å²) in [6, 6.07) is 23.3. The molecule has 1 heterocycles. The largest absolute Gasteiger partial charge is 0.452 e. The summed E-state index contributed by atoms with van der Waals surface area (Å²) < 4.78 is 7.35. The van der Waals surface area contributed by atoms with E-state index in [0.29, 0.717) is 11.1 Å². The molecule has 0 fully saturated rings. The fourth-order valence-electron chi connectivity index (χ4n) is 4.58. The van der Waals surface area contributed by atoms with Crippen molar-refractivity contribution in [1.29, 1.82) is 0 Å².